The fourth-order valence-electron chi connectivity index (χ4n) is 3.59. The number of aliphatic carboxylic acids is 1. The molecule has 2 aromatic carbocycles. The van der Waals surface area contributed by atoms with Crippen molar-refractivity contribution in [3.63, 3.8) is 0 Å². The van der Waals surface area contributed by atoms with E-state index in [0.29, 0.717) is 22.3 Å². The monoisotopic (exact) mass is 481 g/mol. The highest BCUT2D eigenvalue weighted by Crippen LogP contribution is 2.49. The second-order valence-corrected chi connectivity index (χ2v) is 10.8. The van der Waals surface area contributed by atoms with E-state index < -0.39 is 11.2 Å². The molecule has 1 aliphatic rings. The zero-order valence-corrected chi connectivity index (χ0v) is 20.1. The molecule has 5 nitrogen and oxygen atoms in total. The zero-order chi connectivity index (χ0) is 22.9. The maximum absolute atomic E-state index is 13.5. The van der Waals surface area contributed by atoms with Gasteiger partial charge in [0.2, 0.25) is 5.91 Å². The molecule has 166 valence electrons. The van der Waals surface area contributed by atoms with Crippen LogP contribution in [0.3, 0.4) is 0 Å². The lowest BCUT2D eigenvalue weighted by molar-refractivity contribution is -0.138. The van der Waals surface area contributed by atoms with Crippen molar-refractivity contribution < 1.29 is 19.4 Å². The topological polar surface area (TPSA) is 66.8 Å². The summed E-state index contributed by atoms with van der Waals surface area (Å²) in [5.41, 5.74) is 2.14. The van der Waals surface area contributed by atoms with E-state index >= 15 is 0 Å². The van der Waals surface area contributed by atoms with E-state index in [-0.39, 0.29) is 23.0 Å². The van der Waals surface area contributed by atoms with Gasteiger partial charge in [0, 0.05) is 22.3 Å². The summed E-state index contributed by atoms with van der Waals surface area (Å²) in [5.74, 6) is -0.630. The fourth-order valence-corrected chi connectivity index (χ4v) is 5.61. The number of thioether (sulfide) groups is 1. The van der Waals surface area contributed by atoms with E-state index in [9.17, 15) is 14.7 Å². The molecule has 1 heterocycles. The van der Waals surface area contributed by atoms with Crippen molar-refractivity contribution in [3.05, 3.63) is 57.6 Å². The van der Waals surface area contributed by atoms with Crippen molar-refractivity contribution in [1.82, 2.24) is 0 Å². The molecule has 0 radical (unpaired) electrons. The number of rotatable bonds is 5. The smallest absolute Gasteiger partial charge is 0.305 e. The molecule has 0 bridgehead atoms. The van der Waals surface area contributed by atoms with Gasteiger partial charge in [-0.25, -0.2) is 0 Å². The number of methoxy groups -OCH3 is 1. The van der Waals surface area contributed by atoms with Crippen molar-refractivity contribution in [2.24, 2.45) is 5.41 Å². The highest BCUT2D eigenvalue weighted by molar-refractivity contribution is 8.01. The maximum Gasteiger partial charge on any atom is 0.305 e. The number of nitrogens with zero attached hydrogens (tertiary/aromatic N) is 1. The third kappa shape index (κ3) is 5.48. The van der Waals surface area contributed by atoms with Crippen LogP contribution in [-0.2, 0) is 9.59 Å². The maximum atomic E-state index is 13.5. The van der Waals surface area contributed by atoms with E-state index in [1.165, 1.54) is 11.8 Å². The molecule has 1 aliphatic heterocycles. The third-order valence-electron chi connectivity index (χ3n) is 4.89. The number of carbonyl (C=O) groups excluding carboxylic acids is 1. The summed E-state index contributed by atoms with van der Waals surface area (Å²) in [6.45, 7) is 6.56. The summed E-state index contributed by atoms with van der Waals surface area (Å²) in [6.07, 6.45) is -0.282. The Labute approximate surface area is 196 Å². The molecule has 0 fully saturated rings. The van der Waals surface area contributed by atoms with Gasteiger partial charge in [0.05, 0.1) is 24.0 Å². The van der Waals surface area contributed by atoms with Crippen LogP contribution in [0.2, 0.25) is 10.0 Å². The number of amides is 1. The Kier molecular flexibility index (Phi) is 7.14. The largest absolute Gasteiger partial charge is 0.497 e. The highest BCUT2D eigenvalue weighted by Gasteiger charge is 2.39. The first-order chi connectivity index (χ1) is 14.5. The third-order valence-corrected chi connectivity index (χ3v) is 6.93. The summed E-state index contributed by atoms with van der Waals surface area (Å²) in [6, 6.07) is 10.8. The Hall–Kier alpha value is -1.89. The number of carboxylic acids is 1. The average Bonchev–Trinajstić information content (AvgIpc) is 2.77. The first kappa shape index (κ1) is 23.8. The lowest BCUT2D eigenvalue weighted by Crippen LogP contribution is -2.42. The summed E-state index contributed by atoms with van der Waals surface area (Å²) in [4.78, 5) is 26.8. The molecular formula is C23H25Cl2NO4S. The lowest BCUT2D eigenvalue weighted by Gasteiger charge is -2.31. The van der Waals surface area contributed by atoms with Crippen LogP contribution in [0, 0.1) is 5.41 Å². The Morgan fingerprint density at radius 2 is 1.87 bits per heavy atom. The second kappa shape index (κ2) is 9.31. The van der Waals surface area contributed by atoms with Crippen molar-refractivity contribution in [3.8, 4) is 5.75 Å². The quantitative estimate of drug-likeness (QED) is 0.561. The van der Waals surface area contributed by atoms with E-state index in [1.54, 1.807) is 30.2 Å². The van der Waals surface area contributed by atoms with Crippen LogP contribution in [0.1, 0.15) is 43.6 Å². The van der Waals surface area contributed by atoms with Crippen LogP contribution in [0.25, 0.3) is 0 Å². The molecule has 0 spiro atoms. The van der Waals surface area contributed by atoms with Gasteiger partial charge >= 0.3 is 5.97 Å². The number of hydrogen-bond acceptors (Lipinski definition) is 4. The first-order valence-corrected chi connectivity index (χ1v) is 11.5. The van der Waals surface area contributed by atoms with Crippen molar-refractivity contribution >= 4 is 52.5 Å². The predicted molar refractivity (Wildman–Crippen MR) is 127 cm³/mol. The molecule has 31 heavy (non-hydrogen) atoms. The van der Waals surface area contributed by atoms with Gasteiger partial charge in [-0.1, -0.05) is 50.0 Å². The summed E-state index contributed by atoms with van der Waals surface area (Å²) < 4.78 is 5.26. The molecule has 1 N–H and O–H groups in total. The number of hydrogen-bond donors (Lipinski definition) is 1. The van der Waals surface area contributed by atoms with E-state index in [2.05, 4.69) is 0 Å². The van der Waals surface area contributed by atoms with Crippen LogP contribution in [-0.4, -0.2) is 35.9 Å². The summed E-state index contributed by atoms with van der Waals surface area (Å²) in [7, 11) is 1.56. The van der Waals surface area contributed by atoms with Gasteiger partial charge in [0.1, 0.15) is 5.75 Å². The number of carboxylic acid groups (broad SMARTS) is 1. The van der Waals surface area contributed by atoms with Crippen molar-refractivity contribution in [2.75, 3.05) is 18.6 Å². The van der Waals surface area contributed by atoms with Crippen molar-refractivity contribution in [2.45, 2.75) is 37.7 Å². The van der Waals surface area contributed by atoms with Crippen LogP contribution in [0.5, 0.6) is 5.75 Å². The Bertz CT molecular complexity index is 1010. The highest BCUT2D eigenvalue weighted by atomic mass is 35.5. The van der Waals surface area contributed by atoms with Gasteiger partial charge in [0.15, 0.2) is 0 Å². The average molecular weight is 482 g/mol. The SMILES string of the molecule is COc1ccc([C@H]2S[C@H](CC(=O)O)C(=O)N(CC(C)(C)C)c3ccc(Cl)cc32)c(Cl)c1. The number of carbonyl (C=O) groups is 2. The van der Waals surface area contributed by atoms with Gasteiger partial charge in [-0.15, -0.1) is 11.8 Å². The molecule has 2 aromatic rings. The first-order valence-electron chi connectivity index (χ1n) is 9.81. The van der Waals surface area contributed by atoms with Gasteiger partial charge in [-0.3, -0.25) is 9.59 Å². The van der Waals surface area contributed by atoms with Crippen LogP contribution in [0.4, 0.5) is 5.69 Å². The Morgan fingerprint density at radius 1 is 1.16 bits per heavy atom. The number of halogens is 2. The van der Waals surface area contributed by atoms with E-state index in [4.69, 9.17) is 27.9 Å². The normalized spacial score (nSPS) is 19.0. The number of fused-ring (bicyclic) bond motifs is 1. The van der Waals surface area contributed by atoms with Crippen LogP contribution >= 0.6 is 35.0 Å². The minimum atomic E-state index is -1.02. The molecule has 8 heteroatoms. The molecule has 0 saturated heterocycles. The van der Waals surface area contributed by atoms with E-state index in [0.717, 1.165) is 16.8 Å². The minimum Gasteiger partial charge on any atom is -0.497 e. The molecule has 0 aliphatic carbocycles. The van der Waals surface area contributed by atoms with Crippen LogP contribution in [0.15, 0.2) is 36.4 Å². The van der Waals surface area contributed by atoms with Gasteiger partial charge in [0.25, 0.3) is 0 Å². The molecule has 0 saturated carbocycles. The molecule has 1 amide bonds. The Balaban J connectivity index is 2.22. The summed E-state index contributed by atoms with van der Waals surface area (Å²) in [5, 5.41) is 9.36. The summed E-state index contributed by atoms with van der Waals surface area (Å²) >= 11 is 14.2. The van der Waals surface area contributed by atoms with E-state index in [1.807, 2.05) is 39.0 Å². The Morgan fingerprint density at radius 3 is 2.45 bits per heavy atom. The number of benzene rings is 2. The number of ether oxygens (including phenoxy) is 1. The molecule has 3 rings (SSSR count). The second-order valence-electron chi connectivity index (χ2n) is 8.68. The molecule has 0 aromatic heterocycles. The molecule has 2 atom stereocenters. The fraction of sp³-hybridized carbons (Fsp3) is 0.391. The number of anilines is 1. The van der Waals surface area contributed by atoms with Crippen LogP contribution < -0.4 is 9.64 Å². The molecule has 0 unspecified atom stereocenters. The standard InChI is InChI=1S/C23H25Cl2NO4S/c1-23(2,3)12-26-18-8-5-13(24)9-16(18)21(31-19(22(26)29)11-20(27)28)15-7-6-14(30-4)10-17(15)25/h5-10,19,21H,11-12H2,1-4H3,(H,27,28)/t19-,21-/m1/s1. The van der Waals surface area contributed by atoms with Gasteiger partial charge < -0.3 is 14.7 Å². The van der Waals surface area contributed by atoms with Gasteiger partial charge in [-0.2, -0.15) is 0 Å². The predicted octanol–water partition coefficient (Wildman–Crippen LogP) is 6.06. The van der Waals surface area contributed by atoms with Crippen molar-refractivity contribution in [1.29, 1.82) is 0 Å². The molecular weight excluding hydrogens is 457 g/mol. The lowest BCUT2D eigenvalue weighted by atomic mass is 9.94. The minimum absolute atomic E-state index is 0.192. The zero-order valence-electron chi connectivity index (χ0n) is 17.8. The van der Waals surface area contributed by atoms with Gasteiger partial charge in [-0.05, 0) is 46.9 Å².